The number of hydrogen-bond acceptors (Lipinski definition) is 2. The topological polar surface area (TPSA) is 40.7 Å². The lowest BCUT2D eigenvalue weighted by molar-refractivity contribution is 0.675. The van der Waals surface area contributed by atoms with Gasteiger partial charge in [-0.25, -0.2) is 0 Å². The van der Waals surface area contributed by atoms with E-state index in [0.717, 1.165) is 18.1 Å². The van der Waals surface area contributed by atoms with Gasteiger partial charge < -0.3 is 5.32 Å². The molecule has 0 atom stereocenters. The van der Waals surface area contributed by atoms with Crippen LogP contribution in [0, 0.1) is 0 Å². The van der Waals surface area contributed by atoms with Crippen LogP contribution >= 0.6 is 0 Å². The van der Waals surface area contributed by atoms with Gasteiger partial charge in [0.15, 0.2) is 0 Å². The first-order chi connectivity index (χ1) is 6.93. The van der Waals surface area contributed by atoms with Crippen LogP contribution in [0.4, 0.5) is 0 Å². The molecule has 3 heteroatoms. The number of hydrogen-bond donors (Lipinski definition) is 2. The van der Waals surface area contributed by atoms with E-state index in [4.69, 9.17) is 0 Å². The first kappa shape index (κ1) is 8.00. The fourth-order valence-electron chi connectivity index (χ4n) is 1.68. The van der Waals surface area contributed by atoms with E-state index in [-0.39, 0.29) is 0 Å². The second-order valence-electron chi connectivity index (χ2n) is 3.87. The Kier molecular flexibility index (Phi) is 1.77. The van der Waals surface area contributed by atoms with Crippen molar-refractivity contribution in [2.45, 2.75) is 25.4 Å². The minimum Gasteiger partial charge on any atom is -0.308 e. The van der Waals surface area contributed by atoms with E-state index in [1.54, 1.807) is 0 Å². The van der Waals surface area contributed by atoms with Gasteiger partial charge in [0.1, 0.15) is 0 Å². The van der Waals surface area contributed by atoms with E-state index < -0.39 is 0 Å². The quantitative estimate of drug-likeness (QED) is 0.769. The Labute approximate surface area is 82.5 Å². The number of rotatable bonds is 3. The van der Waals surface area contributed by atoms with Crippen LogP contribution in [0.2, 0.25) is 0 Å². The first-order valence-corrected chi connectivity index (χ1v) is 5.09. The molecule has 1 heterocycles. The number of benzene rings is 1. The number of nitrogens with one attached hydrogen (secondary N) is 2. The maximum Gasteiger partial charge on any atom is 0.0924 e. The normalized spacial score (nSPS) is 16.3. The maximum atomic E-state index is 4.25. The molecule has 72 valence electrons. The van der Waals surface area contributed by atoms with Crippen LogP contribution in [-0.2, 0) is 6.54 Å². The third-order valence-corrected chi connectivity index (χ3v) is 2.69. The molecule has 0 amide bonds. The molecule has 1 aromatic heterocycles. The third kappa shape index (κ3) is 1.40. The Morgan fingerprint density at radius 3 is 3.07 bits per heavy atom. The molecule has 14 heavy (non-hydrogen) atoms. The summed E-state index contributed by atoms with van der Waals surface area (Å²) in [6.07, 6.45) is 2.65. The summed E-state index contributed by atoms with van der Waals surface area (Å²) in [6.45, 7) is 0.908. The molecule has 1 aromatic carbocycles. The zero-order valence-electron chi connectivity index (χ0n) is 7.96. The summed E-state index contributed by atoms with van der Waals surface area (Å²) in [7, 11) is 0. The Bertz CT molecular complexity index is 442. The summed E-state index contributed by atoms with van der Waals surface area (Å²) < 4.78 is 0. The van der Waals surface area contributed by atoms with E-state index in [1.165, 1.54) is 23.9 Å². The zero-order chi connectivity index (χ0) is 9.38. The largest absolute Gasteiger partial charge is 0.308 e. The number of nitrogens with zero attached hydrogens (tertiary/aromatic N) is 1. The van der Waals surface area contributed by atoms with Crippen LogP contribution in [0.5, 0.6) is 0 Å². The molecular weight excluding hydrogens is 174 g/mol. The summed E-state index contributed by atoms with van der Waals surface area (Å²) in [5.74, 6) is 0. The number of para-hydroxylation sites is 1. The van der Waals surface area contributed by atoms with Crippen LogP contribution in [0.1, 0.15) is 18.5 Å². The molecule has 0 spiro atoms. The lowest BCUT2D eigenvalue weighted by atomic mass is 10.2. The van der Waals surface area contributed by atoms with E-state index in [2.05, 4.69) is 27.6 Å². The van der Waals surface area contributed by atoms with Gasteiger partial charge in [-0.15, -0.1) is 0 Å². The van der Waals surface area contributed by atoms with Gasteiger partial charge in [-0.3, -0.25) is 5.10 Å². The Hall–Kier alpha value is -1.35. The molecule has 1 fully saturated rings. The number of H-pyrrole nitrogens is 1. The average molecular weight is 187 g/mol. The molecule has 0 saturated heterocycles. The fourth-order valence-corrected chi connectivity index (χ4v) is 1.68. The predicted octanol–water partition coefficient (Wildman–Crippen LogP) is 1.81. The second-order valence-corrected chi connectivity index (χ2v) is 3.87. The Balaban J connectivity index is 1.87. The number of aromatic amines is 1. The molecule has 0 unspecified atom stereocenters. The third-order valence-electron chi connectivity index (χ3n) is 2.69. The van der Waals surface area contributed by atoms with Gasteiger partial charge >= 0.3 is 0 Å². The molecule has 1 saturated carbocycles. The highest BCUT2D eigenvalue weighted by Gasteiger charge is 2.20. The van der Waals surface area contributed by atoms with Crippen LogP contribution in [-0.4, -0.2) is 16.2 Å². The van der Waals surface area contributed by atoms with E-state index in [9.17, 15) is 0 Å². The van der Waals surface area contributed by atoms with Gasteiger partial charge in [0.25, 0.3) is 0 Å². The summed E-state index contributed by atoms with van der Waals surface area (Å²) in [6, 6.07) is 8.96. The van der Waals surface area contributed by atoms with E-state index in [1.807, 2.05) is 12.1 Å². The van der Waals surface area contributed by atoms with E-state index >= 15 is 0 Å². The second kappa shape index (κ2) is 3.10. The molecule has 0 radical (unpaired) electrons. The van der Waals surface area contributed by atoms with Crippen molar-refractivity contribution in [2.24, 2.45) is 0 Å². The smallest absolute Gasteiger partial charge is 0.0924 e. The van der Waals surface area contributed by atoms with Crippen molar-refractivity contribution in [2.75, 3.05) is 0 Å². The van der Waals surface area contributed by atoms with Crippen molar-refractivity contribution in [1.29, 1.82) is 0 Å². The molecule has 1 aliphatic carbocycles. The van der Waals surface area contributed by atoms with Gasteiger partial charge in [0.2, 0.25) is 0 Å². The Morgan fingerprint density at radius 2 is 2.21 bits per heavy atom. The van der Waals surface area contributed by atoms with Crippen molar-refractivity contribution in [1.82, 2.24) is 15.5 Å². The highest BCUT2D eigenvalue weighted by molar-refractivity contribution is 5.81. The minimum absolute atomic E-state index is 0.747. The zero-order valence-corrected chi connectivity index (χ0v) is 7.96. The summed E-state index contributed by atoms with van der Waals surface area (Å²) in [4.78, 5) is 0. The van der Waals surface area contributed by atoms with Crippen molar-refractivity contribution >= 4 is 10.9 Å². The molecular formula is C11H13N3. The fraction of sp³-hybridized carbons (Fsp3) is 0.364. The summed E-state index contributed by atoms with van der Waals surface area (Å²) >= 11 is 0. The van der Waals surface area contributed by atoms with Crippen LogP contribution in [0.25, 0.3) is 10.9 Å². The Morgan fingerprint density at radius 1 is 1.36 bits per heavy atom. The summed E-state index contributed by atoms with van der Waals surface area (Å²) in [5.41, 5.74) is 2.26. The molecule has 3 rings (SSSR count). The lowest BCUT2D eigenvalue weighted by Crippen LogP contribution is -2.15. The number of aromatic nitrogens is 2. The lowest BCUT2D eigenvalue weighted by Gasteiger charge is -1.99. The molecule has 3 nitrogen and oxygen atoms in total. The minimum atomic E-state index is 0.747. The van der Waals surface area contributed by atoms with Crippen molar-refractivity contribution in [3.8, 4) is 0 Å². The van der Waals surface area contributed by atoms with E-state index in [0.29, 0.717) is 0 Å². The SMILES string of the molecule is c1ccc2c(CNC3CC3)[nH]nc2c1. The summed E-state index contributed by atoms with van der Waals surface area (Å²) in [5, 5.41) is 12.1. The molecule has 2 aromatic rings. The molecule has 1 aliphatic rings. The average Bonchev–Trinajstić information content (AvgIpc) is 2.96. The number of fused-ring (bicyclic) bond motifs is 1. The van der Waals surface area contributed by atoms with Crippen molar-refractivity contribution in [3.05, 3.63) is 30.0 Å². The van der Waals surface area contributed by atoms with Gasteiger partial charge in [-0.05, 0) is 18.9 Å². The van der Waals surface area contributed by atoms with Crippen LogP contribution < -0.4 is 5.32 Å². The van der Waals surface area contributed by atoms with Crippen LogP contribution in [0.3, 0.4) is 0 Å². The van der Waals surface area contributed by atoms with Gasteiger partial charge in [0, 0.05) is 18.0 Å². The first-order valence-electron chi connectivity index (χ1n) is 5.09. The van der Waals surface area contributed by atoms with Crippen molar-refractivity contribution < 1.29 is 0 Å². The van der Waals surface area contributed by atoms with Gasteiger partial charge in [-0.2, -0.15) is 5.10 Å². The molecule has 0 aliphatic heterocycles. The van der Waals surface area contributed by atoms with Gasteiger partial charge in [0.05, 0.1) is 11.2 Å². The highest BCUT2D eigenvalue weighted by Crippen LogP contribution is 2.20. The highest BCUT2D eigenvalue weighted by atomic mass is 15.1. The van der Waals surface area contributed by atoms with Crippen LogP contribution in [0.15, 0.2) is 24.3 Å². The predicted molar refractivity (Wildman–Crippen MR) is 56.0 cm³/mol. The molecule has 0 bridgehead atoms. The maximum absolute atomic E-state index is 4.25. The standard InChI is InChI=1S/C11H13N3/c1-2-4-10-9(3-1)11(14-13-10)7-12-8-5-6-8/h1-4,8,12H,5-7H2,(H,13,14). The monoisotopic (exact) mass is 187 g/mol. The molecule has 2 N–H and O–H groups in total. The van der Waals surface area contributed by atoms with Crippen molar-refractivity contribution in [3.63, 3.8) is 0 Å². The van der Waals surface area contributed by atoms with Gasteiger partial charge in [-0.1, -0.05) is 18.2 Å².